The molecule has 0 saturated heterocycles. The van der Waals surface area contributed by atoms with E-state index in [9.17, 15) is 5.11 Å². The van der Waals surface area contributed by atoms with Crippen LogP contribution in [0.2, 0.25) is 0 Å². The fourth-order valence-electron chi connectivity index (χ4n) is 1.26. The first-order valence-electron chi connectivity index (χ1n) is 4.23. The molecule has 0 aromatic heterocycles. The predicted octanol–water partition coefficient (Wildman–Crippen LogP) is 1.01. The Morgan fingerprint density at radius 3 is 2.86 bits per heavy atom. The number of hydrogen-bond donors (Lipinski definition) is 2. The number of nitrogens with two attached hydrogens (primary N) is 1. The summed E-state index contributed by atoms with van der Waals surface area (Å²) in [7, 11) is 0. The molecule has 0 unspecified atom stereocenters. The van der Waals surface area contributed by atoms with Crippen molar-refractivity contribution < 1.29 is 9.94 Å². The molecule has 1 rings (SSSR count). The lowest BCUT2D eigenvalue weighted by molar-refractivity contribution is 0.141. The van der Waals surface area contributed by atoms with E-state index in [1.54, 1.807) is 13.0 Å². The van der Waals surface area contributed by atoms with E-state index in [2.05, 4.69) is 4.84 Å². The molecule has 14 heavy (non-hydrogen) atoms. The largest absolute Gasteiger partial charge is 0.506 e. The van der Waals surface area contributed by atoms with Crippen LogP contribution in [0.25, 0.3) is 0 Å². The molecular weight excluding hydrogens is 180 g/mol. The second-order valence-electron chi connectivity index (χ2n) is 3.04. The van der Waals surface area contributed by atoms with Crippen molar-refractivity contribution in [2.75, 3.05) is 6.61 Å². The minimum absolute atomic E-state index is 0.0462. The van der Waals surface area contributed by atoms with Gasteiger partial charge in [0.05, 0.1) is 12.2 Å². The van der Waals surface area contributed by atoms with Gasteiger partial charge in [0.25, 0.3) is 0 Å². The van der Waals surface area contributed by atoms with Crippen LogP contribution >= 0.6 is 0 Å². The third kappa shape index (κ3) is 2.22. The average Bonchev–Trinajstić information content (AvgIpc) is 2.19. The van der Waals surface area contributed by atoms with Crippen molar-refractivity contribution >= 4 is 0 Å². The Balaban J connectivity index is 2.99. The van der Waals surface area contributed by atoms with E-state index in [1.165, 1.54) is 0 Å². The van der Waals surface area contributed by atoms with Crippen LogP contribution in [0.3, 0.4) is 0 Å². The molecule has 74 valence electrons. The number of nitriles is 1. The highest BCUT2D eigenvalue weighted by molar-refractivity contribution is 5.49. The third-order valence-electron chi connectivity index (χ3n) is 1.99. The SMILES string of the molecule is Cc1cc(CCON)cc(C#N)c1O. The number of hydrogen-bond acceptors (Lipinski definition) is 4. The van der Waals surface area contributed by atoms with Gasteiger partial charge in [0.15, 0.2) is 0 Å². The lowest BCUT2D eigenvalue weighted by atomic mass is 10.0. The van der Waals surface area contributed by atoms with Gasteiger partial charge in [-0.25, -0.2) is 5.90 Å². The van der Waals surface area contributed by atoms with Crippen LogP contribution < -0.4 is 5.90 Å². The third-order valence-corrected chi connectivity index (χ3v) is 1.99. The highest BCUT2D eigenvalue weighted by atomic mass is 16.6. The molecule has 0 aliphatic carbocycles. The summed E-state index contributed by atoms with van der Waals surface area (Å²) in [5, 5.41) is 18.2. The van der Waals surface area contributed by atoms with E-state index in [0.29, 0.717) is 18.6 Å². The molecule has 4 heteroatoms. The first kappa shape index (κ1) is 10.5. The van der Waals surface area contributed by atoms with Crippen LogP contribution in [0.15, 0.2) is 12.1 Å². The van der Waals surface area contributed by atoms with Gasteiger partial charge >= 0.3 is 0 Å². The van der Waals surface area contributed by atoms with Gasteiger partial charge in [0.1, 0.15) is 11.8 Å². The van der Waals surface area contributed by atoms with Gasteiger partial charge < -0.3 is 9.94 Å². The summed E-state index contributed by atoms with van der Waals surface area (Å²) in [6, 6.07) is 5.39. The molecule has 1 aromatic carbocycles. The number of aromatic hydroxyl groups is 1. The standard InChI is InChI=1S/C10H12N2O2/c1-7-4-8(2-3-14-12)5-9(6-11)10(7)13/h4-5,13H,2-3,12H2,1H3. The normalized spacial score (nSPS) is 9.79. The first-order chi connectivity index (χ1) is 6.69. The van der Waals surface area contributed by atoms with E-state index in [-0.39, 0.29) is 11.3 Å². The monoisotopic (exact) mass is 192 g/mol. The zero-order valence-electron chi connectivity index (χ0n) is 7.95. The summed E-state index contributed by atoms with van der Waals surface area (Å²) < 4.78 is 0. The second-order valence-corrected chi connectivity index (χ2v) is 3.04. The number of phenolic OH excluding ortho intramolecular Hbond substituents is 1. The summed E-state index contributed by atoms with van der Waals surface area (Å²) in [4.78, 5) is 4.44. The molecule has 0 aliphatic rings. The first-order valence-corrected chi connectivity index (χ1v) is 4.23. The van der Waals surface area contributed by atoms with Crippen molar-refractivity contribution in [1.82, 2.24) is 0 Å². The Hall–Kier alpha value is -1.57. The zero-order valence-corrected chi connectivity index (χ0v) is 7.95. The van der Waals surface area contributed by atoms with Crippen molar-refractivity contribution in [3.05, 3.63) is 28.8 Å². The fraction of sp³-hybridized carbons (Fsp3) is 0.300. The van der Waals surface area contributed by atoms with Gasteiger partial charge in [-0.3, -0.25) is 0 Å². The summed E-state index contributed by atoms with van der Waals surface area (Å²) in [6.45, 7) is 2.15. The van der Waals surface area contributed by atoms with Gasteiger partial charge in [0.2, 0.25) is 0 Å². The second kappa shape index (κ2) is 4.61. The highest BCUT2D eigenvalue weighted by Gasteiger charge is 2.06. The molecule has 3 N–H and O–H groups in total. The van der Waals surface area contributed by atoms with Gasteiger partial charge in [0, 0.05) is 0 Å². The minimum Gasteiger partial charge on any atom is -0.506 e. The minimum atomic E-state index is 0.0462. The maximum atomic E-state index is 9.47. The summed E-state index contributed by atoms with van der Waals surface area (Å²) in [6.07, 6.45) is 0.631. The summed E-state index contributed by atoms with van der Waals surface area (Å²) >= 11 is 0. The zero-order chi connectivity index (χ0) is 10.6. The smallest absolute Gasteiger partial charge is 0.136 e. The predicted molar refractivity (Wildman–Crippen MR) is 51.4 cm³/mol. The Bertz CT molecular complexity index is 369. The van der Waals surface area contributed by atoms with E-state index >= 15 is 0 Å². The number of rotatable bonds is 3. The Kier molecular flexibility index (Phi) is 3.46. The van der Waals surface area contributed by atoms with Gasteiger partial charge in [-0.05, 0) is 30.5 Å². The van der Waals surface area contributed by atoms with Crippen molar-refractivity contribution in [3.63, 3.8) is 0 Å². The number of aryl methyl sites for hydroxylation is 1. The number of phenols is 1. The van der Waals surface area contributed by atoms with Crippen LogP contribution in [-0.2, 0) is 11.3 Å². The van der Waals surface area contributed by atoms with Crippen LogP contribution in [0.4, 0.5) is 0 Å². The van der Waals surface area contributed by atoms with Crippen LogP contribution in [0, 0.1) is 18.3 Å². The number of nitrogens with zero attached hydrogens (tertiary/aromatic N) is 1. The van der Waals surface area contributed by atoms with Gasteiger partial charge in [-0.1, -0.05) is 6.07 Å². The molecule has 0 atom stereocenters. The molecule has 0 radical (unpaired) electrons. The molecule has 1 aromatic rings. The molecule has 0 heterocycles. The van der Waals surface area contributed by atoms with Crippen LogP contribution in [0.1, 0.15) is 16.7 Å². The average molecular weight is 192 g/mol. The lowest BCUT2D eigenvalue weighted by Crippen LogP contribution is -2.04. The van der Waals surface area contributed by atoms with E-state index in [0.717, 1.165) is 5.56 Å². The van der Waals surface area contributed by atoms with E-state index in [4.69, 9.17) is 11.2 Å². The van der Waals surface area contributed by atoms with Crippen molar-refractivity contribution in [1.29, 1.82) is 5.26 Å². The van der Waals surface area contributed by atoms with Crippen LogP contribution in [0.5, 0.6) is 5.75 Å². The van der Waals surface area contributed by atoms with Crippen LogP contribution in [-0.4, -0.2) is 11.7 Å². The molecule has 0 bridgehead atoms. The lowest BCUT2D eigenvalue weighted by Gasteiger charge is -2.05. The number of benzene rings is 1. The van der Waals surface area contributed by atoms with Gasteiger partial charge in [-0.2, -0.15) is 5.26 Å². The van der Waals surface area contributed by atoms with Crippen molar-refractivity contribution in [3.8, 4) is 11.8 Å². The quantitative estimate of drug-likeness (QED) is 0.700. The molecule has 0 saturated carbocycles. The molecule has 0 fully saturated rings. The van der Waals surface area contributed by atoms with E-state index < -0.39 is 0 Å². The fourth-order valence-corrected chi connectivity index (χ4v) is 1.26. The Morgan fingerprint density at radius 1 is 1.57 bits per heavy atom. The maximum Gasteiger partial charge on any atom is 0.136 e. The van der Waals surface area contributed by atoms with E-state index in [1.807, 2.05) is 12.1 Å². The Morgan fingerprint density at radius 2 is 2.29 bits per heavy atom. The topological polar surface area (TPSA) is 79.3 Å². The molecule has 0 spiro atoms. The summed E-state index contributed by atoms with van der Waals surface area (Å²) in [5.41, 5.74) is 1.91. The summed E-state index contributed by atoms with van der Waals surface area (Å²) in [5.74, 6) is 4.95. The molecule has 0 aliphatic heterocycles. The molecule has 0 amide bonds. The van der Waals surface area contributed by atoms with Crippen molar-refractivity contribution in [2.24, 2.45) is 5.90 Å². The highest BCUT2D eigenvalue weighted by Crippen LogP contribution is 2.23. The maximum absolute atomic E-state index is 9.47. The van der Waals surface area contributed by atoms with Gasteiger partial charge in [-0.15, -0.1) is 0 Å². The molecular formula is C10H12N2O2. The van der Waals surface area contributed by atoms with Crippen molar-refractivity contribution in [2.45, 2.75) is 13.3 Å². The molecule has 4 nitrogen and oxygen atoms in total. The Labute approximate surface area is 82.5 Å².